The fourth-order valence-corrected chi connectivity index (χ4v) is 1.55. The zero-order chi connectivity index (χ0) is 14.9. The molecule has 0 atom stereocenters. The van der Waals surface area contributed by atoms with E-state index in [0.717, 1.165) is 0 Å². The molecule has 2 rings (SSSR count). The van der Waals surface area contributed by atoms with Crippen LogP contribution in [-0.4, -0.2) is 20.9 Å². The van der Waals surface area contributed by atoms with Gasteiger partial charge >= 0.3 is 12.1 Å². The Morgan fingerprint density at radius 3 is 2.35 bits per heavy atom. The summed E-state index contributed by atoms with van der Waals surface area (Å²) in [6.07, 6.45) is -4.73. The second-order valence-electron chi connectivity index (χ2n) is 3.79. The van der Waals surface area contributed by atoms with Gasteiger partial charge in [-0.2, -0.15) is 23.5 Å². The Hall–Kier alpha value is -2.82. The average molecular weight is 281 g/mol. The number of halogens is 3. The van der Waals surface area contributed by atoms with Crippen molar-refractivity contribution >= 4 is 5.97 Å². The highest BCUT2D eigenvalue weighted by Crippen LogP contribution is 2.29. The summed E-state index contributed by atoms with van der Waals surface area (Å²) >= 11 is 0. The van der Waals surface area contributed by atoms with Gasteiger partial charge in [0.2, 0.25) is 0 Å². The molecule has 0 aliphatic heterocycles. The zero-order valence-electron chi connectivity index (χ0n) is 9.72. The maximum Gasteiger partial charge on any atom is 0.435 e. The summed E-state index contributed by atoms with van der Waals surface area (Å²) in [5, 5.41) is 20.8. The Kier molecular flexibility index (Phi) is 3.19. The fourth-order valence-electron chi connectivity index (χ4n) is 1.55. The van der Waals surface area contributed by atoms with Crippen LogP contribution in [0.25, 0.3) is 5.69 Å². The van der Waals surface area contributed by atoms with Gasteiger partial charge in [-0.15, -0.1) is 0 Å². The summed E-state index contributed by atoms with van der Waals surface area (Å²) in [5.74, 6) is -1.53. The lowest BCUT2D eigenvalue weighted by atomic mass is 10.2. The van der Waals surface area contributed by atoms with Crippen LogP contribution in [0.2, 0.25) is 0 Å². The lowest BCUT2D eigenvalue weighted by Gasteiger charge is -2.04. The van der Waals surface area contributed by atoms with E-state index in [1.807, 2.05) is 6.07 Å². The van der Waals surface area contributed by atoms with E-state index in [9.17, 15) is 18.0 Å². The third-order valence-corrected chi connectivity index (χ3v) is 2.46. The third-order valence-electron chi connectivity index (χ3n) is 2.46. The van der Waals surface area contributed by atoms with Crippen LogP contribution in [0.3, 0.4) is 0 Å². The van der Waals surface area contributed by atoms with Crippen molar-refractivity contribution in [1.29, 1.82) is 5.26 Å². The summed E-state index contributed by atoms with van der Waals surface area (Å²) < 4.78 is 38.4. The first-order chi connectivity index (χ1) is 9.32. The molecule has 0 fully saturated rings. The normalized spacial score (nSPS) is 11.1. The summed E-state index contributed by atoms with van der Waals surface area (Å²) in [5.41, 5.74) is -1.48. The van der Waals surface area contributed by atoms with Crippen molar-refractivity contribution in [2.45, 2.75) is 6.18 Å². The van der Waals surface area contributed by atoms with Crippen LogP contribution in [0, 0.1) is 11.3 Å². The maximum atomic E-state index is 12.6. The van der Waals surface area contributed by atoms with Crippen molar-refractivity contribution in [2.75, 3.05) is 0 Å². The number of nitrogens with zero attached hydrogens (tertiary/aromatic N) is 3. The number of nitriles is 1. The van der Waals surface area contributed by atoms with Gasteiger partial charge in [0.05, 0.1) is 17.3 Å². The average Bonchev–Trinajstić information content (AvgIpc) is 2.84. The molecule has 102 valence electrons. The van der Waals surface area contributed by atoms with Gasteiger partial charge in [0.25, 0.3) is 0 Å². The molecule has 0 saturated heterocycles. The molecule has 0 unspecified atom stereocenters. The minimum atomic E-state index is -4.73. The number of hydrogen-bond acceptors (Lipinski definition) is 3. The van der Waals surface area contributed by atoms with E-state index < -0.39 is 23.5 Å². The smallest absolute Gasteiger partial charge is 0.435 e. The Morgan fingerprint density at radius 1 is 1.30 bits per heavy atom. The number of aromatic nitrogens is 2. The fraction of sp³-hybridized carbons (Fsp3) is 0.0833. The highest BCUT2D eigenvalue weighted by atomic mass is 19.4. The number of carbonyl (C=O) groups is 1. The summed E-state index contributed by atoms with van der Waals surface area (Å²) in [4.78, 5) is 11.0. The van der Waals surface area contributed by atoms with Crippen molar-refractivity contribution in [3.05, 3.63) is 47.3 Å². The van der Waals surface area contributed by atoms with E-state index >= 15 is 0 Å². The number of rotatable bonds is 2. The molecule has 5 nitrogen and oxygen atoms in total. The van der Waals surface area contributed by atoms with Crippen molar-refractivity contribution in [3.63, 3.8) is 0 Å². The van der Waals surface area contributed by atoms with Crippen LogP contribution in [0.4, 0.5) is 13.2 Å². The Labute approximate surface area is 110 Å². The molecule has 1 N–H and O–H groups in total. The lowest BCUT2D eigenvalue weighted by Crippen LogP contribution is -2.09. The largest absolute Gasteiger partial charge is 0.477 e. The molecular formula is C12H6F3N3O2. The highest BCUT2D eigenvalue weighted by molar-refractivity contribution is 5.86. The molecule has 0 saturated carbocycles. The number of aromatic carboxylic acids is 1. The Bertz CT molecular complexity index is 696. The van der Waals surface area contributed by atoms with Crippen LogP contribution in [-0.2, 0) is 6.18 Å². The van der Waals surface area contributed by atoms with Crippen molar-refractivity contribution in [1.82, 2.24) is 9.78 Å². The predicted molar refractivity (Wildman–Crippen MR) is 60.2 cm³/mol. The molecule has 2 aromatic rings. The maximum absolute atomic E-state index is 12.6. The van der Waals surface area contributed by atoms with Gasteiger partial charge in [-0.3, -0.25) is 0 Å². The molecular weight excluding hydrogens is 275 g/mol. The van der Waals surface area contributed by atoms with Crippen LogP contribution in [0.15, 0.2) is 30.3 Å². The predicted octanol–water partition coefficient (Wildman–Crippen LogP) is 2.46. The van der Waals surface area contributed by atoms with Gasteiger partial charge in [0, 0.05) is 6.07 Å². The van der Waals surface area contributed by atoms with Gasteiger partial charge in [-0.05, 0) is 24.3 Å². The van der Waals surface area contributed by atoms with Crippen LogP contribution in [0.1, 0.15) is 21.7 Å². The van der Waals surface area contributed by atoms with E-state index in [2.05, 4.69) is 5.10 Å². The molecule has 0 radical (unpaired) electrons. The first-order valence-electron chi connectivity index (χ1n) is 5.24. The Balaban J connectivity index is 2.57. The monoisotopic (exact) mass is 281 g/mol. The van der Waals surface area contributed by atoms with E-state index in [1.165, 1.54) is 24.3 Å². The quantitative estimate of drug-likeness (QED) is 0.917. The molecule has 0 aliphatic rings. The van der Waals surface area contributed by atoms with Crippen molar-refractivity contribution in [3.8, 4) is 11.8 Å². The first kappa shape index (κ1) is 13.6. The van der Waals surface area contributed by atoms with Gasteiger partial charge in [0.15, 0.2) is 11.4 Å². The SMILES string of the molecule is N#Cc1ccc(-n2nc(C(F)(F)F)cc2C(=O)O)cc1. The van der Waals surface area contributed by atoms with Crippen molar-refractivity contribution < 1.29 is 23.1 Å². The number of carboxylic acids is 1. The molecule has 0 bridgehead atoms. The summed E-state index contributed by atoms with van der Waals surface area (Å²) in [6, 6.07) is 7.65. The Morgan fingerprint density at radius 2 is 1.90 bits per heavy atom. The van der Waals surface area contributed by atoms with E-state index in [1.54, 1.807) is 0 Å². The van der Waals surface area contributed by atoms with Gasteiger partial charge in [0.1, 0.15) is 0 Å². The minimum absolute atomic E-state index is 0.122. The van der Waals surface area contributed by atoms with E-state index in [4.69, 9.17) is 10.4 Å². The van der Waals surface area contributed by atoms with Gasteiger partial charge in [-0.1, -0.05) is 0 Å². The first-order valence-corrected chi connectivity index (χ1v) is 5.24. The number of carboxylic acid groups (broad SMARTS) is 1. The highest BCUT2D eigenvalue weighted by Gasteiger charge is 2.36. The molecule has 8 heteroatoms. The number of hydrogen-bond donors (Lipinski definition) is 1. The van der Waals surface area contributed by atoms with E-state index in [-0.39, 0.29) is 5.69 Å². The topological polar surface area (TPSA) is 78.9 Å². The third kappa shape index (κ3) is 2.47. The van der Waals surface area contributed by atoms with Crippen LogP contribution in [0.5, 0.6) is 0 Å². The number of alkyl halides is 3. The van der Waals surface area contributed by atoms with E-state index in [0.29, 0.717) is 16.3 Å². The van der Waals surface area contributed by atoms with Crippen LogP contribution < -0.4 is 0 Å². The molecule has 0 amide bonds. The van der Waals surface area contributed by atoms with Crippen LogP contribution >= 0.6 is 0 Å². The van der Waals surface area contributed by atoms with Gasteiger partial charge < -0.3 is 5.11 Å². The zero-order valence-corrected chi connectivity index (χ0v) is 9.72. The van der Waals surface area contributed by atoms with Crippen molar-refractivity contribution in [2.24, 2.45) is 0 Å². The molecule has 0 spiro atoms. The molecule has 0 aliphatic carbocycles. The molecule has 1 heterocycles. The van der Waals surface area contributed by atoms with Gasteiger partial charge in [-0.25, -0.2) is 9.48 Å². The number of benzene rings is 1. The standard InChI is InChI=1S/C12H6F3N3O2/c13-12(14,15)10-5-9(11(19)20)18(17-10)8-3-1-7(6-16)2-4-8/h1-5H,(H,19,20). The second-order valence-corrected chi connectivity index (χ2v) is 3.79. The lowest BCUT2D eigenvalue weighted by molar-refractivity contribution is -0.141. The summed E-state index contributed by atoms with van der Waals surface area (Å²) in [6.45, 7) is 0. The summed E-state index contributed by atoms with van der Waals surface area (Å²) in [7, 11) is 0. The second kappa shape index (κ2) is 4.70. The molecule has 1 aromatic carbocycles. The molecule has 1 aromatic heterocycles. The minimum Gasteiger partial charge on any atom is -0.477 e. The molecule has 20 heavy (non-hydrogen) atoms.